The summed E-state index contributed by atoms with van der Waals surface area (Å²) in [5.74, 6) is 0.716. The average Bonchev–Trinajstić information content (AvgIpc) is 3.03. The number of carbonyl (C=O) groups is 1. The molecule has 0 bridgehead atoms. The number of hydrogen-bond donors (Lipinski definition) is 0. The average molecular weight is 380 g/mol. The Morgan fingerprint density at radius 1 is 0.893 bits per heavy atom. The van der Waals surface area contributed by atoms with Crippen LogP contribution >= 0.6 is 0 Å². The van der Waals surface area contributed by atoms with Crippen molar-refractivity contribution < 1.29 is 4.79 Å². The Morgan fingerprint density at radius 3 is 2.36 bits per heavy atom. The summed E-state index contributed by atoms with van der Waals surface area (Å²) in [6.45, 7) is 7.20. The summed E-state index contributed by atoms with van der Waals surface area (Å²) < 4.78 is 0. The molecule has 148 valence electrons. The number of hydrogen-bond acceptors (Lipinski definition) is 5. The first-order chi connectivity index (χ1) is 13.7. The molecule has 1 aromatic carbocycles. The van der Waals surface area contributed by atoms with E-state index in [1.165, 1.54) is 36.9 Å². The SMILES string of the molecule is Cc1cccc(N2CCN(C(=O)c3ccnc(N4CCCCCC4)n3)CC2)c1. The van der Waals surface area contributed by atoms with E-state index in [4.69, 9.17) is 0 Å². The van der Waals surface area contributed by atoms with E-state index >= 15 is 0 Å². The third kappa shape index (κ3) is 4.26. The second kappa shape index (κ2) is 8.59. The summed E-state index contributed by atoms with van der Waals surface area (Å²) in [5.41, 5.74) is 3.01. The third-order valence-electron chi connectivity index (χ3n) is 5.68. The zero-order chi connectivity index (χ0) is 19.3. The Bertz CT molecular complexity index is 808. The van der Waals surface area contributed by atoms with Crippen LogP contribution in [0.3, 0.4) is 0 Å². The van der Waals surface area contributed by atoms with Crippen LogP contribution in [0.2, 0.25) is 0 Å². The molecule has 0 N–H and O–H groups in total. The van der Waals surface area contributed by atoms with Crippen molar-refractivity contribution in [1.29, 1.82) is 0 Å². The number of aromatic nitrogens is 2. The fourth-order valence-corrected chi connectivity index (χ4v) is 4.04. The maximum atomic E-state index is 13.0. The summed E-state index contributed by atoms with van der Waals surface area (Å²) in [5, 5.41) is 0. The molecule has 0 spiro atoms. The molecule has 6 nitrogen and oxygen atoms in total. The lowest BCUT2D eigenvalue weighted by Gasteiger charge is -2.36. The number of carbonyl (C=O) groups excluding carboxylic acids is 1. The normalized spacial score (nSPS) is 18.1. The quantitative estimate of drug-likeness (QED) is 0.820. The van der Waals surface area contributed by atoms with Gasteiger partial charge in [-0.3, -0.25) is 4.79 Å². The zero-order valence-electron chi connectivity index (χ0n) is 16.7. The molecular weight excluding hydrogens is 350 g/mol. The Kier molecular flexibility index (Phi) is 5.74. The number of benzene rings is 1. The lowest BCUT2D eigenvalue weighted by molar-refractivity contribution is 0.0740. The molecule has 6 heteroatoms. The summed E-state index contributed by atoms with van der Waals surface area (Å²) in [4.78, 5) is 28.5. The van der Waals surface area contributed by atoms with Crippen molar-refractivity contribution in [1.82, 2.24) is 14.9 Å². The molecule has 4 rings (SSSR count). The lowest BCUT2D eigenvalue weighted by atomic mass is 10.2. The van der Waals surface area contributed by atoms with E-state index in [0.717, 1.165) is 39.3 Å². The summed E-state index contributed by atoms with van der Waals surface area (Å²) in [6, 6.07) is 10.3. The minimum atomic E-state index is 0.0161. The van der Waals surface area contributed by atoms with Crippen molar-refractivity contribution in [2.24, 2.45) is 0 Å². The number of piperazine rings is 1. The molecule has 0 atom stereocenters. The molecule has 0 radical (unpaired) electrons. The standard InChI is InChI=1S/C22H29N5O/c1-18-7-6-8-19(17-18)25-13-15-26(16-14-25)21(28)20-9-10-23-22(24-20)27-11-4-2-3-5-12-27/h6-10,17H,2-5,11-16H2,1H3. The fourth-order valence-electron chi connectivity index (χ4n) is 4.04. The van der Waals surface area contributed by atoms with E-state index in [0.29, 0.717) is 11.6 Å². The van der Waals surface area contributed by atoms with Gasteiger partial charge in [-0.25, -0.2) is 9.97 Å². The van der Waals surface area contributed by atoms with Crippen molar-refractivity contribution in [3.05, 3.63) is 47.8 Å². The van der Waals surface area contributed by atoms with Crippen molar-refractivity contribution in [3.63, 3.8) is 0 Å². The smallest absolute Gasteiger partial charge is 0.272 e. The fraction of sp³-hybridized carbons (Fsp3) is 0.500. The van der Waals surface area contributed by atoms with Gasteiger partial charge in [-0.2, -0.15) is 0 Å². The van der Waals surface area contributed by atoms with E-state index in [9.17, 15) is 4.79 Å². The molecule has 3 heterocycles. The van der Waals surface area contributed by atoms with Gasteiger partial charge in [0, 0.05) is 51.2 Å². The molecule has 1 aromatic heterocycles. The Balaban J connectivity index is 1.40. The Morgan fingerprint density at radius 2 is 1.64 bits per heavy atom. The van der Waals surface area contributed by atoms with Gasteiger partial charge in [0.2, 0.25) is 5.95 Å². The van der Waals surface area contributed by atoms with Crippen LogP contribution in [0.25, 0.3) is 0 Å². The predicted octanol–water partition coefficient (Wildman–Crippen LogP) is 3.13. The molecule has 2 fully saturated rings. The van der Waals surface area contributed by atoms with Gasteiger partial charge >= 0.3 is 0 Å². The monoisotopic (exact) mass is 379 g/mol. The van der Waals surface area contributed by atoms with Crippen molar-refractivity contribution in [2.45, 2.75) is 32.6 Å². The maximum Gasteiger partial charge on any atom is 0.272 e. The second-order valence-corrected chi connectivity index (χ2v) is 7.76. The largest absolute Gasteiger partial charge is 0.368 e. The molecule has 2 saturated heterocycles. The zero-order valence-corrected chi connectivity index (χ0v) is 16.7. The van der Waals surface area contributed by atoms with Gasteiger partial charge in [-0.05, 0) is 43.5 Å². The first kappa shape index (κ1) is 18.7. The highest BCUT2D eigenvalue weighted by atomic mass is 16.2. The number of amides is 1. The van der Waals surface area contributed by atoms with Gasteiger partial charge in [0.05, 0.1) is 0 Å². The number of rotatable bonds is 3. The molecule has 28 heavy (non-hydrogen) atoms. The van der Waals surface area contributed by atoms with Gasteiger partial charge in [-0.15, -0.1) is 0 Å². The molecule has 2 aliphatic heterocycles. The minimum absolute atomic E-state index is 0.0161. The first-order valence-electron chi connectivity index (χ1n) is 10.4. The highest BCUT2D eigenvalue weighted by Gasteiger charge is 2.24. The summed E-state index contributed by atoms with van der Waals surface area (Å²) >= 11 is 0. The van der Waals surface area contributed by atoms with E-state index < -0.39 is 0 Å². The number of nitrogens with zero attached hydrogens (tertiary/aromatic N) is 5. The van der Waals surface area contributed by atoms with Crippen LogP contribution in [0.4, 0.5) is 11.6 Å². The van der Waals surface area contributed by atoms with Crippen molar-refractivity contribution in [3.8, 4) is 0 Å². The van der Waals surface area contributed by atoms with Crippen molar-refractivity contribution >= 4 is 17.5 Å². The van der Waals surface area contributed by atoms with Gasteiger partial charge < -0.3 is 14.7 Å². The van der Waals surface area contributed by atoms with E-state index in [2.05, 4.69) is 51.0 Å². The molecule has 0 unspecified atom stereocenters. The van der Waals surface area contributed by atoms with Crippen molar-refractivity contribution in [2.75, 3.05) is 49.1 Å². The van der Waals surface area contributed by atoms with Crippen LogP contribution in [-0.4, -0.2) is 60.0 Å². The minimum Gasteiger partial charge on any atom is -0.368 e. The van der Waals surface area contributed by atoms with Crippen LogP contribution in [-0.2, 0) is 0 Å². The van der Waals surface area contributed by atoms with E-state index in [-0.39, 0.29) is 5.91 Å². The molecule has 0 saturated carbocycles. The number of anilines is 2. The van der Waals surface area contributed by atoms with Crippen LogP contribution in [0.1, 0.15) is 41.7 Å². The summed E-state index contributed by atoms with van der Waals surface area (Å²) in [7, 11) is 0. The topological polar surface area (TPSA) is 52.6 Å². The van der Waals surface area contributed by atoms with Crippen LogP contribution in [0, 0.1) is 6.92 Å². The highest BCUT2D eigenvalue weighted by molar-refractivity contribution is 5.92. The van der Waals surface area contributed by atoms with Gasteiger partial charge in [0.1, 0.15) is 5.69 Å². The van der Waals surface area contributed by atoms with Gasteiger partial charge in [-0.1, -0.05) is 25.0 Å². The number of aryl methyl sites for hydroxylation is 1. The molecule has 1 amide bonds. The van der Waals surface area contributed by atoms with Gasteiger partial charge in [0.25, 0.3) is 5.91 Å². The second-order valence-electron chi connectivity index (χ2n) is 7.76. The molecule has 2 aromatic rings. The van der Waals surface area contributed by atoms with Crippen LogP contribution in [0.5, 0.6) is 0 Å². The van der Waals surface area contributed by atoms with Crippen LogP contribution < -0.4 is 9.80 Å². The molecular formula is C22H29N5O. The molecule has 0 aliphatic carbocycles. The lowest BCUT2D eigenvalue weighted by Crippen LogP contribution is -2.49. The molecule has 2 aliphatic rings. The predicted molar refractivity (Wildman–Crippen MR) is 112 cm³/mol. The highest BCUT2D eigenvalue weighted by Crippen LogP contribution is 2.19. The van der Waals surface area contributed by atoms with Crippen LogP contribution in [0.15, 0.2) is 36.5 Å². The van der Waals surface area contributed by atoms with Gasteiger partial charge in [0.15, 0.2) is 0 Å². The van der Waals surface area contributed by atoms with E-state index in [1.54, 1.807) is 12.3 Å². The summed E-state index contributed by atoms with van der Waals surface area (Å²) in [6.07, 6.45) is 6.59. The Hall–Kier alpha value is -2.63. The first-order valence-corrected chi connectivity index (χ1v) is 10.4. The maximum absolute atomic E-state index is 13.0. The third-order valence-corrected chi connectivity index (χ3v) is 5.68. The van der Waals surface area contributed by atoms with E-state index in [1.807, 2.05) is 4.90 Å². The Labute approximate surface area is 167 Å².